The van der Waals surface area contributed by atoms with Crippen LogP contribution in [0.4, 0.5) is 0 Å². The van der Waals surface area contributed by atoms with Gasteiger partial charge in [0, 0.05) is 12.2 Å². The van der Waals surface area contributed by atoms with E-state index in [4.69, 9.17) is 4.74 Å². The Labute approximate surface area is 137 Å². The maximum absolute atomic E-state index is 5.24. The molecule has 0 saturated carbocycles. The fourth-order valence-electron chi connectivity index (χ4n) is 2.16. The quantitative estimate of drug-likeness (QED) is 0.636. The van der Waals surface area contributed by atoms with E-state index < -0.39 is 0 Å². The number of aliphatic imine (C=N–C) groups is 1. The Balaban J connectivity index is 1.99. The molecule has 1 aromatic carbocycles. The highest BCUT2D eigenvalue weighted by Crippen LogP contribution is 2.13. The van der Waals surface area contributed by atoms with E-state index in [0.717, 1.165) is 35.2 Å². The van der Waals surface area contributed by atoms with E-state index in [0.29, 0.717) is 13.1 Å². The van der Waals surface area contributed by atoms with Crippen LogP contribution in [-0.4, -0.2) is 24.6 Å². The Bertz CT molecular complexity index is 655. The fraction of sp³-hybridized carbons (Fsp3) is 0.333. The Morgan fingerprint density at radius 2 is 2.00 bits per heavy atom. The number of ether oxygens (including phenoxy) is 1. The molecule has 2 aromatic rings. The summed E-state index contributed by atoms with van der Waals surface area (Å²) in [4.78, 5) is 9.09. The number of aryl methyl sites for hydroxylation is 1. The minimum atomic E-state index is 0.591. The van der Waals surface area contributed by atoms with Gasteiger partial charge < -0.3 is 15.4 Å². The lowest BCUT2D eigenvalue weighted by Crippen LogP contribution is -2.37. The normalized spacial score (nSPS) is 11.2. The molecule has 0 atom stereocenters. The van der Waals surface area contributed by atoms with Gasteiger partial charge in [0.1, 0.15) is 5.75 Å². The third-order valence-corrected chi connectivity index (χ3v) is 3.28. The maximum Gasteiger partial charge on any atom is 0.191 e. The molecule has 0 bridgehead atoms. The number of pyridine rings is 1. The summed E-state index contributed by atoms with van der Waals surface area (Å²) in [6.07, 6.45) is 0. The molecule has 0 aliphatic carbocycles. The van der Waals surface area contributed by atoms with Crippen molar-refractivity contribution in [1.82, 2.24) is 15.6 Å². The Morgan fingerprint density at radius 3 is 2.74 bits per heavy atom. The van der Waals surface area contributed by atoms with Crippen molar-refractivity contribution in [2.45, 2.75) is 26.9 Å². The van der Waals surface area contributed by atoms with Crippen LogP contribution >= 0.6 is 0 Å². The molecule has 122 valence electrons. The largest absolute Gasteiger partial charge is 0.497 e. The van der Waals surface area contributed by atoms with Gasteiger partial charge in [0.25, 0.3) is 0 Å². The van der Waals surface area contributed by atoms with Gasteiger partial charge in [-0.2, -0.15) is 0 Å². The van der Waals surface area contributed by atoms with Crippen molar-refractivity contribution < 1.29 is 4.74 Å². The number of guanidine groups is 1. The standard InChI is InChI=1S/C18H24N4O/c1-4-19-18(21-13-16-9-5-7-14(2)22-16)20-12-15-8-6-10-17(11-15)23-3/h5-11H,4,12-13H2,1-3H3,(H2,19,20,21). The van der Waals surface area contributed by atoms with E-state index in [2.05, 4.69) is 20.6 Å². The first-order valence-electron chi connectivity index (χ1n) is 7.79. The van der Waals surface area contributed by atoms with E-state index in [-0.39, 0.29) is 0 Å². The summed E-state index contributed by atoms with van der Waals surface area (Å²) in [7, 11) is 1.67. The van der Waals surface area contributed by atoms with Gasteiger partial charge in [0.15, 0.2) is 5.96 Å². The molecule has 23 heavy (non-hydrogen) atoms. The third kappa shape index (κ3) is 5.62. The average Bonchev–Trinajstić information content (AvgIpc) is 2.57. The van der Waals surface area contributed by atoms with E-state index >= 15 is 0 Å². The summed E-state index contributed by atoms with van der Waals surface area (Å²) in [6.45, 7) is 6.09. The monoisotopic (exact) mass is 312 g/mol. The second-order valence-corrected chi connectivity index (χ2v) is 5.17. The average molecular weight is 312 g/mol. The molecular weight excluding hydrogens is 288 g/mol. The summed E-state index contributed by atoms with van der Waals surface area (Å²) < 4.78 is 5.24. The lowest BCUT2D eigenvalue weighted by molar-refractivity contribution is 0.414. The molecule has 0 radical (unpaired) electrons. The number of nitrogens with zero attached hydrogens (tertiary/aromatic N) is 2. The first-order chi connectivity index (χ1) is 11.2. The Kier molecular flexibility index (Phi) is 6.41. The topological polar surface area (TPSA) is 58.5 Å². The Hall–Kier alpha value is -2.56. The molecule has 0 unspecified atom stereocenters. The van der Waals surface area contributed by atoms with Crippen molar-refractivity contribution in [1.29, 1.82) is 0 Å². The highest BCUT2D eigenvalue weighted by atomic mass is 16.5. The first kappa shape index (κ1) is 16.8. The van der Waals surface area contributed by atoms with E-state index in [1.54, 1.807) is 7.11 Å². The molecule has 0 fully saturated rings. The van der Waals surface area contributed by atoms with Crippen LogP contribution in [0, 0.1) is 6.92 Å². The van der Waals surface area contributed by atoms with Crippen LogP contribution in [0.1, 0.15) is 23.9 Å². The Morgan fingerprint density at radius 1 is 1.17 bits per heavy atom. The number of nitrogens with one attached hydrogen (secondary N) is 2. The molecular formula is C18H24N4O. The molecule has 2 N–H and O–H groups in total. The zero-order valence-corrected chi connectivity index (χ0v) is 14.0. The van der Waals surface area contributed by atoms with Gasteiger partial charge in [-0.1, -0.05) is 18.2 Å². The van der Waals surface area contributed by atoms with Crippen molar-refractivity contribution in [3.05, 3.63) is 59.4 Å². The minimum Gasteiger partial charge on any atom is -0.497 e. The predicted molar refractivity (Wildman–Crippen MR) is 93.6 cm³/mol. The van der Waals surface area contributed by atoms with Crippen molar-refractivity contribution in [3.8, 4) is 5.75 Å². The van der Waals surface area contributed by atoms with Gasteiger partial charge >= 0.3 is 0 Å². The molecule has 2 rings (SSSR count). The van der Waals surface area contributed by atoms with Crippen molar-refractivity contribution in [2.75, 3.05) is 13.7 Å². The van der Waals surface area contributed by atoms with Crippen molar-refractivity contribution in [3.63, 3.8) is 0 Å². The summed E-state index contributed by atoms with van der Waals surface area (Å²) in [5, 5.41) is 6.55. The number of methoxy groups -OCH3 is 1. The molecule has 0 aliphatic rings. The van der Waals surface area contributed by atoms with Gasteiger partial charge in [0.05, 0.1) is 25.9 Å². The second-order valence-electron chi connectivity index (χ2n) is 5.17. The first-order valence-corrected chi connectivity index (χ1v) is 7.79. The van der Waals surface area contributed by atoms with Crippen LogP contribution < -0.4 is 15.4 Å². The predicted octanol–water partition coefficient (Wildman–Crippen LogP) is 2.65. The molecule has 1 heterocycles. The second kappa shape index (κ2) is 8.78. The SMILES string of the molecule is CCNC(=NCc1cccc(OC)c1)NCc1cccc(C)n1. The summed E-state index contributed by atoms with van der Waals surface area (Å²) in [6, 6.07) is 13.9. The highest BCUT2D eigenvalue weighted by Gasteiger charge is 2.00. The summed E-state index contributed by atoms with van der Waals surface area (Å²) >= 11 is 0. The summed E-state index contributed by atoms with van der Waals surface area (Å²) in [5.74, 6) is 1.62. The summed E-state index contributed by atoms with van der Waals surface area (Å²) in [5.41, 5.74) is 3.12. The van der Waals surface area contributed by atoms with E-state index in [1.807, 2.05) is 56.3 Å². The molecule has 0 saturated heterocycles. The van der Waals surface area contributed by atoms with Crippen LogP contribution in [0.25, 0.3) is 0 Å². The zero-order valence-electron chi connectivity index (χ0n) is 14.0. The molecule has 0 spiro atoms. The number of aromatic nitrogens is 1. The smallest absolute Gasteiger partial charge is 0.191 e. The number of rotatable bonds is 6. The van der Waals surface area contributed by atoms with Gasteiger partial charge in [-0.15, -0.1) is 0 Å². The maximum atomic E-state index is 5.24. The van der Waals surface area contributed by atoms with E-state index in [1.165, 1.54) is 0 Å². The molecule has 5 nitrogen and oxygen atoms in total. The van der Waals surface area contributed by atoms with Crippen LogP contribution in [0.3, 0.4) is 0 Å². The molecule has 0 amide bonds. The molecule has 1 aromatic heterocycles. The van der Waals surface area contributed by atoms with E-state index in [9.17, 15) is 0 Å². The van der Waals surface area contributed by atoms with Crippen LogP contribution in [0.15, 0.2) is 47.5 Å². The lowest BCUT2D eigenvalue weighted by atomic mass is 10.2. The van der Waals surface area contributed by atoms with Gasteiger partial charge in [-0.05, 0) is 43.7 Å². The van der Waals surface area contributed by atoms with Crippen LogP contribution in [-0.2, 0) is 13.1 Å². The fourth-order valence-corrected chi connectivity index (χ4v) is 2.16. The number of hydrogen-bond acceptors (Lipinski definition) is 3. The zero-order chi connectivity index (χ0) is 16.5. The minimum absolute atomic E-state index is 0.591. The van der Waals surface area contributed by atoms with Gasteiger partial charge in [-0.3, -0.25) is 4.98 Å². The molecule has 0 aliphatic heterocycles. The van der Waals surface area contributed by atoms with Gasteiger partial charge in [-0.25, -0.2) is 4.99 Å². The van der Waals surface area contributed by atoms with Crippen molar-refractivity contribution >= 4 is 5.96 Å². The van der Waals surface area contributed by atoms with Crippen LogP contribution in [0.5, 0.6) is 5.75 Å². The lowest BCUT2D eigenvalue weighted by Gasteiger charge is -2.11. The van der Waals surface area contributed by atoms with Crippen LogP contribution in [0.2, 0.25) is 0 Å². The number of benzene rings is 1. The number of hydrogen-bond donors (Lipinski definition) is 2. The third-order valence-electron chi connectivity index (χ3n) is 3.28. The van der Waals surface area contributed by atoms with Gasteiger partial charge in [0.2, 0.25) is 0 Å². The highest BCUT2D eigenvalue weighted by molar-refractivity contribution is 5.79. The van der Waals surface area contributed by atoms with Crippen molar-refractivity contribution in [2.24, 2.45) is 4.99 Å². The molecule has 5 heteroatoms.